The van der Waals surface area contributed by atoms with E-state index in [1.165, 1.54) is 6.42 Å². The number of rotatable bonds is 4. The third kappa shape index (κ3) is 3.87. The van der Waals surface area contributed by atoms with Gasteiger partial charge in [-0.3, -0.25) is 14.7 Å². The summed E-state index contributed by atoms with van der Waals surface area (Å²) >= 11 is 0. The Balaban J connectivity index is 1.32. The Morgan fingerprint density at radius 3 is 2.72 bits per heavy atom. The summed E-state index contributed by atoms with van der Waals surface area (Å²) in [4.78, 5) is 21.9. The standard InChI is InChI=1S/C20H29N3O2/c24-20(22-11-6-16(7-12-22)17-8-13-25-15-17)19-5-3-10-23(19)14-18-4-1-2-9-21-18/h1-2,4,9,16-17,19H,3,5-8,10-15H2. The third-order valence-electron chi connectivity index (χ3n) is 6.22. The van der Waals surface area contributed by atoms with Crippen LogP contribution in [0.5, 0.6) is 0 Å². The minimum atomic E-state index is 0.0494. The molecular weight excluding hydrogens is 314 g/mol. The first-order valence-electron chi connectivity index (χ1n) is 9.82. The molecular formula is C20H29N3O2. The van der Waals surface area contributed by atoms with Crippen molar-refractivity contribution in [1.82, 2.24) is 14.8 Å². The average Bonchev–Trinajstić information content (AvgIpc) is 3.34. The van der Waals surface area contributed by atoms with Gasteiger partial charge in [0.25, 0.3) is 0 Å². The molecule has 4 rings (SSSR count). The van der Waals surface area contributed by atoms with Gasteiger partial charge in [0, 0.05) is 39.0 Å². The van der Waals surface area contributed by atoms with Gasteiger partial charge in [-0.2, -0.15) is 0 Å². The van der Waals surface area contributed by atoms with Crippen LogP contribution in [0.25, 0.3) is 0 Å². The second kappa shape index (κ2) is 7.83. The van der Waals surface area contributed by atoms with Crippen LogP contribution in [0.15, 0.2) is 24.4 Å². The molecule has 3 fully saturated rings. The molecule has 1 aromatic rings. The molecule has 2 unspecified atom stereocenters. The van der Waals surface area contributed by atoms with Crippen molar-refractivity contribution in [2.45, 2.75) is 44.7 Å². The van der Waals surface area contributed by atoms with E-state index in [2.05, 4.69) is 20.9 Å². The predicted molar refractivity (Wildman–Crippen MR) is 95.9 cm³/mol. The highest BCUT2D eigenvalue weighted by Crippen LogP contribution is 2.31. The number of aromatic nitrogens is 1. The summed E-state index contributed by atoms with van der Waals surface area (Å²) in [5.74, 6) is 1.82. The molecule has 5 heteroatoms. The number of hydrogen-bond donors (Lipinski definition) is 0. The van der Waals surface area contributed by atoms with Crippen LogP contribution in [0, 0.1) is 11.8 Å². The highest BCUT2D eigenvalue weighted by Gasteiger charge is 2.36. The Kier molecular flexibility index (Phi) is 5.32. The molecule has 0 bridgehead atoms. The molecule has 0 spiro atoms. The minimum absolute atomic E-state index is 0.0494. The zero-order valence-electron chi connectivity index (χ0n) is 15.0. The molecule has 3 saturated heterocycles. The van der Waals surface area contributed by atoms with Gasteiger partial charge < -0.3 is 9.64 Å². The van der Waals surface area contributed by atoms with Crippen molar-refractivity contribution in [3.63, 3.8) is 0 Å². The van der Waals surface area contributed by atoms with Crippen LogP contribution in [0.1, 0.15) is 37.8 Å². The van der Waals surface area contributed by atoms with Gasteiger partial charge in [-0.1, -0.05) is 6.07 Å². The number of carbonyl (C=O) groups is 1. The summed E-state index contributed by atoms with van der Waals surface area (Å²) in [5, 5.41) is 0. The molecule has 25 heavy (non-hydrogen) atoms. The minimum Gasteiger partial charge on any atom is -0.381 e. The van der Waals surface area contributed by atoms with Crippen LogP contribution in [0.4, 0.5) is 0 Å². The van der Waals surface area contributed by atoms with E-state index in [1.54, 1.807) is 0 Å². The van der Waals surface area contributed by atoms with Gasteiger partial charge in [0.15, 0.2) is 0 Å². The Bertz CT molecular complexity index is 566. The first kappa shape index (κ1) is 17.0. The number of piperidine rings is 1. The molecule has 1 amide bonds. The Hall–Kier alpha value is -1.46. The summed E-state index contributed by atoms with van der Waals surface area (Å²) in [5.41, 5.74) is 1.06. The van der Waals surface area contributed by atoms with E-state index in [4.69, 9.17) is 4.74 Å². The molecule has 2 atom stereocenters. The van der Waals surface area contributed by atoms with Crippen LogP contribution < -0.4 is 0 Å². The smallest absolute Gasteiger partial charge is 0.239 e. The van der Waals surface area contributed by atoms with Crippen LogP contribution in [0.2, 0.25) is 0 Å². The third-order valence-corrected chi connectivity index (χ3v) is 6.22. The van der Waals surface area contributed by atoms with Crippen LogP contribution in [-0.4, -0.2) is 59.6 Å². The van der Waals surface area contributed by atoms with Gasteiger partial charge in [0.1, 0.15) is 0 Å². The van der Waals surface area contributed by atoms with Crippen molar-refractivity contribution < 1.29 is 9.53 Å². The fourth-order valence-electron chi connectivity index (χ4n) is 4.72. The molecule has 0 aromatic carbocycles. The molecule has 5 nitrogen and oxygen atoms in total. The first-order chi connectivity index (χ1) is 12.3. The lowest BCUT2D eigenvalue weighted by Crippen LogP contribution is -2.48. The summed E-state index contributed by atoms with van der Waals surface area (Å²) in [6.45, 7) is 5.49. The van der Waals surface area contributed by atoms with E-state index in [-0.39, 0.29) is 6.04 Å². The van der Waals surface area contributed by atoms with Crippen LogP contribution in [0.3, 0.4) is 0 Å². The van der Waals surface area contributed by atoms with E-state index in [9.17, 15) is 4.79 Å². The zero-order valence-corrected chi connectivity index (χ0v) is 15.0. The van der Waals surface area contributed by atoms with Crippen molar-refractivity contribution in [2.24, 2.45) is 11.8 Å². The molecule has 136 valence electrons. The monoisotopic (exact) mass is 343 g/mol. The van der Waals surface area contributed by atoms with E-state index < -0.39 is 0 Å². The van der Waals surface area contributed by atoms with Crippen molar-refractivity contribution in [2.75, 3.05) is 32.8 Å². The van der Waals surface area contributed by atoms with E-state index in [0.29, 0.717) is 5.91 Å². The molecule has 3 aliphatic heterocycles. The van der Waals surface area contributed by atoms with Gasteiger partial charge in [-0.25, -0.2) is 0 Å². The SMILES string of the molecule is O=C(C1CCCN1Cc1ccccn1)N1CCC(C2CCOC2)CC1. The molecule has 0 aliphatic carbocycles. The second-order valence-electron chi connectivity index (χ2n) is 7.74. The Morgan fingerprint density at radius 2 is 2.00 bits per heavy atom. The lowest BCUT2D eigenvalue weighted by atomic mass is 9.84. The highest BCUT2D eigenvalue weighted by molar-refractivity contribution is 5.82. The average molecular weight is 343 g/mol. The van der Waals surface area contributed by atoms with Crippen LogP contribution >= 0.6 is 0 Å². The largest absolute Gasteiger partial charge is 0.381 e. The van der Waals surface area contributed by atoms with Crippen molar-refractivity contribution in [3.05, 3.63) is 30.1 Å². The Labute approximate surface area is 150 Å². The lowest BCUT2D eigenvalue weighted by molar-refractivity contribution is -0.137. The number of nitrogens with zero attached hydrogens (tertiary/aromatic N) is 3. The molecule has 0 radical (unpaired) electrons. The Morgan fingerprint density at radius 1 is 1.12 bits per heavy atom. The topological polar surface area (TPSA) is 45.7 Å². The number of pyridine rings is 1. The number of likely N-dealkylation sites (tertiary alicyclic amines) is 2. The molecule has 0 saturated carbocycles. The zero-order chi connectivity index (χ0) is 17.1. The highest BCUT2D eigenvalue weighted by atomic mass is 16.5. The van der Waals surface area contributed by atoms with Gasteiger partial charge in [0.2, 0.25) is 5.91 Å². The van der Waals surface area contributed by atoms with Crippen molar-refractivity contribution >= 4 is 5.91 Å². The van der Waals surface area contributed by atoms with Crippen molar-refractivity contribution in [1.29, 1.82) is 0 Å². The van der Waals surface area contributed by atoms with Gasteiger partial charge in [0.05, 0.1) is 11.7 Å². The molecule has 4 heterocycles. The van der Waals surface area contributed by atoms with Crippen molar-refractivity contribution in [3.8, 4) is 0 Å². The lowest BCUT2D eigenvalue weighted by Gasteiger charge is -2.37. The van der Waals surface area contributed by atoms with E-state index in [1.807, 2.05) is 18.3 Å². The second-order valence-corrected chi connectivity index (χ2v) is 7.74. The van der Waals surface area contributed by atoms with Gasteiger partial charge in [-0.15, -0.1) is 0 Å². The fraction of sp³-hybridized carbons (Fsp3) is 0.700. The maximum atomic E-state index is 13.1. The summed E-state index contributed by atoms with van der Waals surface area (Å²) in [6.07, 6.45) is 7.43. The maximum Gasteiger partial charge on any atom is 0.239 e. The molecule has 1 aromatic heterocycles. The fourth-order valence-corrected chi connectivity index (χ4v) is 4.72. The number of ether oxygens (including phenoxy) is 1. The summed E-state index contributed by atoms with van der Waals surface area (Å²) in [6, 6.07) is 6.06. The molecule has 0 N–H and O–H groups in total. The summed E-state index contributed by atoms with van der Waals surface area (Å²) < 4.78 is 5.54. The predicted octanol–water partition coefficient (Wildman–Crippen LogP) is 2.32. The van der Waals surface area contributed by atoms with Gasteiger partial charge in [-0.05, 0) is 62.6 Å². The normalized spacial score (nSPS) is 28.6. The van der Waals surface area contributed by atoms with E-state index in [0.717, 1.165) is 82.6 Å². The number of carbonyl (C=O) groups excluding carboxylic acids is 1. The van der Waals surface area contributed by atoms with Crippen LogP contribution in [-0.2, 0) is 16.1 Å². The quantitative estimate of drug-likeness (QED) is 0.842. The number of amides is 1. The van der Waals surface area contributed by atoms with E-state index >= 15 is 0 Å². The number of hydrogen-bond acceptors (Lipinski definition) is 4. The maximum absolute atomic E-state index is 13.1. The molecule has 3 aliphatic rings. The first-order valence-corrected chi connectivity index (χ1v) is 9.82. The van der Waals surface area contributed by atoms with Gasteiger partial charge >= 0.3 is 0 Å². The summed E-state index contributed by atoms with van der Waals surface area (Å²) in [7, 11) is 0.